The number of hydrogen-bond acceptors (Lipinski definition) is 6. The summed E-state index contributed by atoms with van der Waals surface area (Å²) in [5, 5.41) is 32.0. The van der Waals surface area contributed by atoms with Crippen molar-refractivity contribution in [3.05, 3.63) is 30.0 Å². The van der Waals surface area contributed by atoms with Gasteiger partial charge in [-0.1, -0.05) is 0 Å². The molecule has 1 aromatic rings. The number of ether oxygens (including phenoxy) is 1. The topological polar surface area (TPSA) is 118 Å². The molecule has 0 fully saturated rings. The molecule has 1 aromatic carbocycles. The minimum atomic E-state index is -1.16. The predicted octanol–water partition coefficient (Wildman–Crippen LogP) is 1.75. The monoisotopic (exact) mass is 300 g/mol. The van der Waals surface area contributed by atoms with Crippen LogP contribution in [0, 0.1) is 22.7 Å². The van der Waals surface area contributed by atoms with Gasteiger partial charge in [0.15, 0.2) is 0 Å². The first-order valence-corrected chi connectivity index (χ1v) is 6.54. The smallest absolute Gasteiger partial charge is 0.252 e. The van der Waals surface area contributed by atoms with Crippen LogP contribution in [-0.4, -0.2) is 23.7 Å². The molecule has 0 aliphatic heterocycles. The van der Waals surface area contributed by atoms with E-state index in [1.54, 1.807) is 30.3 Å². The third-order valence-corrected chi connectivity index (χ3v) is 2.55. The Balaban J connectivity index is 3.10. The Kier molecular flexibility index (Phi) is 6.42. The highest BCUT2D eigenvalue weighted by Gasteiger charge is 2.12. The van der Waals surface area contributed by atoms with Crippen LogP contribution in [0.25, 0.3) is 0 Å². The Hall–Kier alpha value is -3.03. The van der Waals surface area contributed by atoms with Crippen LogP contribution in [0.4, 0.5) is 11.4 Å². The summed E-state index contributed by atoms with van der Waals surface area (Å²) in [5.74, 6) is -0.0131. The zero-order chi connectivity index (χ0) is 16.5. The quantitative estimate of drug-likeness (QED) is 0.689. The number of hydrogen-bond donors (Lipinski definition) is 3. The first kappa shape index (κ1) is 17.0. The fourth-order valence-electron chi connectivity index (χ4n) is 1.48. The van der Waals surface area contributed by atoms with Gasteiger partial charge in [-0.05, 0) is 26.0 Å². The number of allylic oxidation sites excluding steroid dienone is 1. The van der Waals surface area contributed by atoms with E-state index in [-0.39, 0.29) is 5.57 Å². The fourth-order valence-corrected chi connectivity index (χ4v) is 1.48. The Labute approximate surface area is 128 Å². The summed E-state index contributed by atoms with van der Waals surface area (Å²) in [6, 6.07) is 8.31. The van der Waals surface area contributed by atoms with Crippen molar-refractivity contribution in [2.45, 2.75) is 20.0 Å². The largest absolute Gasteiger partial charge is 0.494 e. The molecule has 0 saturated heterocycles. The van der Waals surface area contributed by atoms with Crippen molar-refractivity contribution in [2.24, 2.45) is 0 Å². The van der Waals surface area contributed by atoms with Crippen molar-refractivity contribution in [1.82, 2.24) is 0 Å². The molecule has 7 heteroatoms. The van der Waals surface area contributed by atoms with Gasteiger partial charge < -0.3 is 20.5 Å². The summed E-state index contributed by atoms with van der Waals surface area (Å²) >= 11 is 0. The van der Waals surface area contributed by atoms with E-state index in [0.717, 1.165) is 0 Å². The van der Waals surface area contributed by atoms with Crippen LogP contribution in [0.15, 0.2) is 30.0 Å². The van der Waals surface area contributed by atoms with Gasteiger partial charge in [-0.25, -0.2) is 0 Å². The van der Waals surface area contributed by atoms with E-state index >= 15 is 0 Å². The summed E-state index contributed by atoms with van der Waals surface area (Å²) in [6.45, 7) is 3.65. The van der Waals surface area contributed by atoms with Crippen molar-refractivity contribution in [3.63, 3.8) is 0 Å². The van der Waals surface area contributed by atoms with Gasteiger partial charge in [0.25, 0.3) is 5.91 Å². The number of aliphatic hydroxyl groups is 1. The second kappa shape index (κ2) is 8.30. The van der Waals surface area contributed by atoms with Gasteiger partial charge in [0, 0.05) is 12.3 Å². The van der Waals surface area contributed by atoms with Crippen LogP contribution in [0.3, 0.4) is 0 Å². The normalized spacial score (nSPS) is 10.6. The molecular formula is C15H16N4O3. The molecule has 114 valence electrons. The maximum Gasteiger partial charge on any atom is 0.252 e. The lowest BCUT2D eigenvalue weighted by molar-refractivity contribution is -0.123. The molecule has 1 atom stereocenters. The highest BCUT2D eigenvalue weighted by molar-refractivity contribution is 5.97. The summed E-state index contributed by atoms with van der Waals surface area (Å²) < 4.78 is 5.36. The highest BCUT2D eigenvalue weighted by atomic mass is 16.5. The average molecular weight is 300 g/mol. The van der Waals surface area contributed by atoms with Crippen LogP contribution in [-0.2, 0) is 4.79 Å². The molecule has 0 heterocycles. The van der Waals surface area contributed by atoms with Gasteiger partial charge in [0.2, 0.25) is 0 Å². The Morgan fingerprint density at radius 2 is 2.09 bits per heavy atom. The summed E-state index contributed by atoms with van der Waals surface area (Å²) in [5.41, 5.74) is 0.707. The van der Waals surface area contributed by atoms with Crippen molar-refractivity contribution >= 4 is 17.3 Å². The lowest BCUT2D eigenvalue weighted by atomic mass is 10.2. The van der Waals surface area contributed by atoms with E-state index in [0.29, 0.717) is 23.7 Å². The Bertz CT molecular complexity index is 638. The number of carbonyl (C=O) groups is 1. The number of carbonyl (C=O) groups excluding carboxylic acids is 1. The molecule has 0 aliphatic carbocycles. The van der Waals surface area contributed by atoms with Crippen molar-refractivity contribution in [2.75, 3.05) is 17.2 Å². The van der Waals surface area contributed by atoms with Gasteiger partial charge >= 0.3 is 0 Å². The van der Waals surface area contributed by atoms with Gasteiger partial charge in [-0.2, -0.15) is 10.5 Å². The molecule has 1 unspecified atom stereocenters. The maximum atomic E-state index is 11.6. The molecule has 0 aliphatic rings. The number of aliphatic hydroxyl groups excluding tert-OH is 1. The minimum absolute atomic E-state index is 0.116. The van der Waals surface area contributed by atoms with Gasteiger partial charge in [-0.15, -0.1) is 0 Å². The van der Waals surface area contributed by atoms with Crippen LogP contribution in [0.1, 0.15) is 13.8 Å². The number of nitrogens with one attached hydrogen (secondary N) is 2. The fraction of sp³-hybridized carbons (Fsp3) is 0.267. The Morgan fingerprint density at radius 1 is 1.41 bits per heavy atom. The van der Waals surface area contributed by atoms with Crippen molar-refractivity contribution in [3.8, 4) is 17.9 Å². The molecule has 0 bridgehead atoms. The molecule has 22 heavy (non-hydrogen) atoms. The zero-order valence-corrected chi connectivity index (χ0v) is 12.3. The highest BCUT2D eigenvalue weighted by Crippen LogP contribution is 2.27. The number of nitriles is 2. The van der Waals surface area contributed by atoms with Gasteiger partial charge in [-0.3, -0.25) is 4.79 Å². The maximum absolute atomic E-state index is 11.6. The molecule has 1 rings (SSSR count). The van der Waals surface area contributed by atoms with E-state index in [4.69, 9.17) is 15.3 Å². The van der Waals surface area contributed by atoms with Crippen LogP contribution in [0.5, 0.6) is 5.75 Å². The SMILES string of the molecule is CCOc1ccc(NC(=O)C(C)O)c(NC=C(C#N)C#N)c1. The Morgan fingerprint density at radius 3 is 2.64 bits per heavy atom. The predicted molar refractivity (Wildman–Crippen MR) is 80.9 cm³/mol. The van der Waals surface area contributed by atoms with Crippen LogP contribution >= 0.6 is 0 Å². The second-order valence-corrected chi connectivity index (χ2v) is 4.23. The van der Waals surface area contributed by atoms with Gasteiger partial charge in [0.1, 0.15) is 29.6 Å². The third-order valence-electron chi connectivity index (χ3n) is 2.55. The average Bonchev–Trinajstić information content (AvgIpc) is 2.50. The number of benzene rings is 1. The number of anilines is 2. The standard InChI is InChI=1S/C15H16N4O3/c1-3-22-12-4-5-13(19-15(21)10(2)20)14(6-12)18-9-11(7-16)8-17/h4-6,9-10,18,20H,3H2,1-2H3,(H,19,21). The van der Waals surface area contributed by atoms with Gasteiger partial charge in [0.05, 0.1) is 18.0 Å². The number of nitrogens with zero attached hydrogens (tertiary/aromatic N) is 2. The molecule has 7 nitrogen and oxygen atoms in total. The summed E-state index contributed by atoms with van der Waals surface area (Å²) in [4.78, 5) is 11.6. The molecule has 0 saturated carbocycles. The molecular weight excluding hydrogens is 284 g/mol. The molecule has 0 spiro atoms. The number of amides is 1. The van der Waals surface area contributed by atoms with Crippen molar-refractivity contribution < 1.29 is 14.6 Å². The van der Waals surface area contributed by atoms with E-state index in [9.17, 15) is 9.90 Å². The first-order valence-electron chi connectivity index (χ1n) is 6.54. The third kappa shape index (κ3) is 4.82. The van der Waals surface area contributed by atoms with Crippen LogP contribution in [0.2, 0.25) is 0 Å². The van der Waals surface area contributed by atoms with E-state index in [1.807, 2.05) is 6.92 Å². The van der Waals surface area contributed by atoms with Crippen molar-refractivity contribution in [1.29, 1.82) is 10.5 Å². The molecule has 3 N–H and O–H groups in total. The zero-order valence-electron chi connectivity index (χ0n) is 12.3. The van der Waals surface area contributed by atoms with E-state index in [2.05, 4.69) is 10.6 Å². The second-order valence-electron chi connectivity index (χ2n) is 4.23. The lowest BCUT2D eigenvalue weighted by Gasteiger charge is -2.14. The molecule has 0 aromatic heterocycles. The molecule has 0 radical (unpaired) electrons. The minimum Gasteiger partial charge on any atom is -0.494 e. The van der Waals surface area contributed by atoms with E-state index < -0.39 is 12.0 Å². The lowest BCUT2D eigenvalue weighted by Crippen LogP contribution is -2.24. The number of rotatable bonds is 6. The molecule has 1 amide bonds. The van der Waals surface area contributed by atoms with Crippen LogP contribution < -0.4 is 15.4 Å². The summed E-state index contributed by atoms with van der Waals surface area (Å²) in [7, 11) is 0. The van der Waals surface area contributed by atoms with E-state index in [1.165, 1.54) is 13.1 Å². The first-order chi connectivity index (χ1) is 10.5. The summed E-state index contributed by atoms with van der Waals surface area (Å²) in [6.07, 6.45) is 0.0621.